The monoisotopic (exact) mass is 253 g/mol. The van der Waals surface area contributed by atoms with Gasteiger partial charge in [0.2, 0.25) is 0 Å². The molecule has 1 aromatic carbocycles. The summed E-state index contributed by atoms with van der Waals surface area (Å²) in [5.41, 5.74) is 5.98. The molecule has 0 aliphatic rings. The fourth-order valence-electron chi connectivity index (χ4n) is 1.18. The predicted molar refractivity (Wildman–Crippen MR) is 71.4 cm³/mol. The Morgan fingerprint density at radius 2 is 2.29 bits per heavy atom. The van der Waals surface area contributed by atoms with Gasteiger partial charge in [0, 0.05) is 24.7 Å². The van der Waals surface area contributed by atoms with Gasteiger partial charge in [-0.2, -0.15) is 0 Å². The maximum absolute atomic E-state index is 11.4. The topological polar surface area (TPSA) is 76.4 Å². The number of anilines is 1. The third-order valence-corrected chi connectivity index (χ3v) is 2.19. The molecule has 6 heteroatoms. The summed E-state index contributed by atoms with van der Waals surface area (Å²) in [6, 6.07) is 6.80. The third-order valence-electron chi connectivity index (χ3n) is 1.98. The Hall–Kier alpha value is -1.82. The van der Waals surface area contributed by atoms with Crippen LogP contribution < -0.4 is 21.1 Å². The van der Waals surface area contributed by atoms with Gasteiger partial charge in [0.25, 0.3) is 0 Å². The Morgan fingerprint density at radius 1 is 1.53 bits per heavy atom. The lowest BCUT2D eigenvalue weighted by Gasteiger charge is -2.08. The predicted octanol–water partition coefficient (Wildman–Crippen LogP) is 1.49. The van der Waals surface area contributed by atoms with Crippen molar-refractivity contribution in [1.29, 1.82) is 0 Å². The minimum absolute atomic E-state index is 0.297. The van der Waals surface area contributed by atoms with Gasteiger partial charge in [0.05, 0.1) is 12.1 Å². The van der Waals surface area contributed by atoms with Crippen molar-refractivity contribution in [3.63, 3.8) is 0 Å². The number of methoxy groups -OCH3 is 1. The number of amides is 2. The molecular formula is C11H15N3O2S. The molecule has 4 N–H and O–H groups in total. The molecule has 5 nitrogen and oxygen atoms in total. The van der Waals surface area contributed by atoms with E-state index in [2.05, 4.69) is 10.6 Å². The van der Waals surface area contributed by atoms with Crippen molar-refractivity contribution in [3.05, 3.63) is 24.3 Å². The molecule has 1 rings (SSSR count). The number of carbonyl (C=O) groups excluding carboxylic acids is 1. The number of nitrogens with one attached hydrogen (secondary N) is 2. The van der Waals surface area contributed by atoms with E-state index in [0.29, 0.717) is 29.4 Å². The Morgan fingerprint density at radius 3 is 2.94 bits per heavy atom. The number of urea groups is 1. The second kappa shape index (κ2) is 6.70. The Kier molecular flexibility index (Phi) is 5.22. The highest BCUT2D eigenvalue weighted by Gasteiger charge is 2.02. The van der Waals surface area contributed by atoms with Gasteiger partial charge in [0.15, 0.2) is 0 Å². The summed E-state index contributed by atoms with van der Waals surface area (Å²) in [4.78, 5) is 11.8. The highest BCUT2D eigenvalue weighted by molar-refractivity contribution is 7.80. The molecular weight excluding hydrogens is 238 g/mol. The van der Waals surface area contributed by atoms with Gasteiger partial charge in [-0.05, 0) is 12.1 Å². The molecule has 0 bridgehead atoms. The first-order chi connectivity index (χ1) is 8.11. The Balaban J connectivity index is 2.42. The zero-order chi connectivity index (χ0) is 12.7. The molecule has 0 aliphatic heterocycles. The largest absolute Gasteiger partial charge is 0.497 e. The van der Waals surface area contributed by atoms with Crippen molar-refractivity contribution in [3.8, 4) is 5.75 Å². The van der Waals surface area contributed by atoms with Crippen LogP contribution >= 0.6 is 12.2 Å². The first kappa shape index (κ1) is 13.2. The number of thiocarbonyl (C=S) groups is 1. The normalized spacial score (nSPS) is 9.47. The summed E-state index contributed by atoms with van der Waals surface area (Å²) >= 11 is 4.70. The number of rotatable bonds is 5. The van der Waals surface area contributed by atoms with E-state index in [1.807, 2.05) is 0 Å². The van der Waals surface area contributed by atoms with Gasteiger partial charge >= 0.3 is 6.03 Å². The van der Waals surface area contributed by atoms with Crippen molar-refractivity contribution in [2.45, 2.75) is 6.42 Å². The molecule has 92 valence electrons. The fourth-order valence-corrected chi connectivity index (χ4v) is 1.28. The number of hydrogen-bond acceptors (Lipinski definition) is 3. The van der Waals surface area contributed by atoms with E-state index in [1.54, 1.807) is 31.4 Å². The quantitative estimate of drug-likeness (QED) is 0.695. The van der Waals surface area contributed by atoms with E-state index in [0.717, 1.165) is 0 Å². The molecule has 0 spiro atoms. The smallest absolute Gasteiger partial charge is 0.319 e. The van der Waals surface area contributed by atoms with Crippen LogP contribution in [0.15, 0.2) is 24.3 Å². The summed E-state index contributed by atoms with van der Waals surface area (Å²) in [7, 11) is 1.57. The van der Waals surface area contributed by atoms with Crippen LogP contribution in [-0.2, 0) is 0 Å². The Labute approximate surface area is 105 Å². The third kappa shape index (κ3) is 5.17. The van der Waals surface area contributed by atoms with Gasteiger partial charge in [-0.3, -0.25) is 0 Å². The maximum Gasteiger partial charge on any atom is 0.319 e. The molecule has 0 atom stereocenters. The number of carbonyl (C=O) groups is 1. The van der Waals surface area contributed by atoms with E-state index in [1.165, 1.54) is 0 Å². The lowest BCUT2D eigenvalue weighted by atomic mass is 10.3. The summed E-state index contributed by atoms with van der Waals surface area (Å²) in [6.45, 7) is 0.422. The van der Waals surface area contributed by atoms with Gasteiger partial charge in [-0.15, -0.1) is 0 Å². The zero-order valence-electron chi connectivity index (χ0n) is 9.53. The van der Waals surface area contributed by atoms with Crippen molar-refractivity contribution < 1.29 is 9.53 Å². The van der Waals surface area contributed by atoms with Crippen LogP contribution in [0.2, 0.25) is 0 Å². The molecule has 0 heterocycles. The van der Waals surface area contributed by atoms with E-state index < -0.39 is 0 Å². The standard InChI is InChI=1S/C11H15N3O2S/c1-16-9-4-2-3-8(7-9)14-11(15)13-6-5-10(12)17/h2-4,7H,5-6H2,1H3,(H2,12,17)(H2,13,14,15). The summed E-state index contributed by atoms with van der Waals surface area (Å²) in [5, 5.41) is 5.32. The van der Waals surface area contributed by atoms with Crippen LogP contribution in [0, 0.1) is 0 Å². The summed E-state index contributed by atoms with van der Waals surface area (Å²) in [6.07, 6.45) is 0.487. The second-order valence-corrected chi connectivity index (χ2v) is 3.85. The molecule has 0 saturated heterocycles. The highest BCUT2D eigenvalue weighted by atomic mass is 32.1. The molecule has 17 heavy (non-hydrogen) atoms. The first-order valence-corrected chi connectivity index (χ1v) is 5.50. The molecule has 0 aromatic heterocycles. The molecule has 2 amide bonds. The fraction of sp³-hybridized carbons (Fsp3) is 0.273. The van der Waals surface area contributed by atoms with E-state index in [-0.39, 0.29) is 6.03 Å². The molecule has 0 unspecified atom stereocenters. The molecule has 1 aromatic rings. The Bertz CT molecular complexity index is 409. The SMILES string of the molecule is COc1cccc(NC(=O)NCCC(N)=S)c1. The number of benzene rings is 1. The van der Waals surface area contributed by atoms with Crippen LogP contribution in [0.4, 0.5) is 10.5 Å². The minimum Gasteiger partial charge on any atom is -0.497 e. The van der Waals surface area contributed by atoms with E-state index in [4.69, 9.17) is 22.7 Å². The van der Waals surface area contributed by atoms with E-state index >= 15 is 0 Å². The lowest BCUT2D eigenvalue weighted by Crippen LogP contribution is -2.31. The van der Waals surface area contributed by atoms with Gasteiger partial charge < -0.3 is 21.1 Å². The van der Waals surface area contributed by atoms with Crippen LogP contribution in [-0.4, -0.2) is 24.7 Å². The lowest BCUT2D eigenvalue weighted by molar-refractivity contribution is 0.252. The highest BCUT2D eigenvalue weighted by Crippen LogP contribution is 2.16. The summed E-state index contributed by atoms with van der Waals surface area (Å²) < 4.78 is 5.04. The molecule has 0 radical (unpaired) electrons. The molecule has 0 fully saturated rings. The van der Waals surface area contributed by atoms with Crippen LogP contribution in [0.3, 0.4) is 0 Å². The average molecular weight is 253 g/mol. The van der Waals surface area contributed by atoms with Crippen molar-refractivity contribution in [2.24, 2.45) is 5.73 Å². The van der Waals surface area contributed by atoms with Gasteiger partial charge in [-0.1, -0.05) is 18.3 Å². The number of nitrogens with two attached hydrogens (primary N) is 1. The first-order valence-electron chi connectivity index (χ1n) is 5.09. The van der Waals surface area contributed by atoms with Crippen molar-refractivity contribution in [1.82, 2.24) is 5.32 Å². The van der Waals surface area contributed by atoms with Crippen LogP contribution in [0.25, 0.3) is 0 Å². The van der Waals surface area contributed by atoms with Crippen molar-refractivity contribution >= 4 is 28.9 Å². The average Bonchev–Trinajstić information content (AvgIpc) is 2.28. The molecule has 0 aliphatic carbocycles. The summed E-state index contributed by atoms with van der Waals surface area (Å²) in [5.74, 6) is 0.686. The van der Waals surface area contributed by atoms with Gasteiger partial charge in [-0.25, -0.2) is 4.79 Å². The second-order valence-electron chi connectivity index (χ2n) is 3.33. The van der Waals surface area contributed by atoms with Crippen LogP contribution in [0.1, 0.15) is 6.42 Å². The number of hydrogen-bond donors (Lipinski definition) is 3. The zero-order valence-corrected chi connectivity index (χ0v) is 10.3. The van der Waals surface area contributed by atoms with E-state index in [9.17, 15) is 4.79 Å². The van der Waals surface area contributed by atoms with Crippen molar-refractivity contribution in [2.75, 3.05) is 19.0 Å². The van der Waals surface area contributed by atoms with Crippen LogP contribution in [0.5, 0.6) is 5.75 Å². The number of ether oxygens (including phenoxy) is 1. The minimum atomic E-state index is -0.297. The maximum atomic E-state index is 11.4. The molecule has 0 saturated carbocycles. The van der Waals surface area contributed by atoms with Gasteiger partial charge in [0.1, 0.15) is 5.75 Å².